The van der Waals surface area contributed by atoms with E-state index in [2.05, 4.69) is 5.32 Å². The molecule has 0 bridgehead atoms. The summed E-state index contributed by atoms with van der Waals surface area (Å²) in [6.45, 7) is 1.74. The highest BCUT2D eigenvalue weighted by molar-refractivity contribution is 5.95. The predicted molar refractivity (Wildman–Crippen MR) is 76.9 cm³/mol. The summed E-state index contributed by atoms with van der Waals surface area (Å²) in [6, 6.07) is 7.63. The van der Waals surface area contributed by atoms with Crippen molar-refractivity contribution < 1.29 is 9.90 Å². The molecule has 1 unspecified atom stereocenters. The molecule has 0 amide bonds. The number of benzene rings is 1. The van der Waals surface area contributed by atoms with Gasteiger partial charge in [0.2, 0.25) is 0 Å². The number of aliphatic hydroxyl groups is 1. The largest absolute Gasteiger partial charge is 0.389 e. The van der Waals surface area contributed by atoms with Crippen LogP contribution in [0.4, 0.5) is 5.69 Å². The Morgan fingerprint density at radius 3 is 2.84 bits per heavy atom. The second-order valence-corrected chi connectivity index (χ2v) is 5.10. The third-order valence-corrected chi connectivity index (χ3v) is 3.49. The van der Waals surface area contributed by atoms with E-state index in [0.717, 1.165) is 42.5 Å². The normalized spacial score (nSPS) is 20.1. The molecule has 2 N–H and O–H groups in total. The molecule has 1 saturated carbocycles. The van der Waals surface area contributed by atoms with Crippen molar-refractivity contribution in [2.75, 3.05) is 5.32 Å². The monoisotopic (exact) mass is 259 g/mol. The van der Waals surface area contributed by atoms with Gasteiger partial charge < -0.3 is 10.4 Å². The maximum atomic E-state index is 11.9. The first-order chi connectivity index (χ1) is 9.16. The smallest absolute Gasteiger partial charge is 0.160 e. The Bertz CT molecular complexity index is 477. The van der Waals surface area contributed by atoms with Gasteiger partial charge >= 0.3 is 0 Å². The van der Waals surface area contributed by atoms with Crippen LogP contribution in [0.3, 0.4) is 0 Å². The topological polar surface area (TPSA) is 49.3 Å². The van der Waals surface area contributed by atoms with E-state index in [9.17, 15) is 9.90 Å². The van der Waals surface area contributed by atoms with Crippen LogP contribution in [-0.2, 0) is 4.79 Å². The van der Waals surface area contributed by atoms with Gasteiger partial charge in [0.15, 0.2) is 5.78 Å². The molecule has 1 aliphatic carbocycles. The van der Waals surface area contributed by atoms with Crippen LogP contribution < -0.4 is 5.32 Å². The van der Waals surface area contributed by atoms with E-state index in [4.69, 9.17) is 0 Å². The van der Waals surface area contributed by atoms with Crippen LogP contribution in [0.1, 0.15) is 50.7 Å². The molecule has 102 valence electrons. The van der Waals surface area contributed by atoms with Crippen molar-refractivity contribution in [2.24, 2.45) is 0 Å². The van der Waals surface area contributed by atoms with Gasteiger partial charge in [0.05, 0.1) is 6.10 Å². The van der Waals surface area contributed by atoms with Crippen LogP contribution in [0.15, 0.2) is 36.0 Å². The number of Topliss-reactive ketones (excluding diaryl/α,β-unsaturated/α-hetero) is 1. The second-order valence-electron chi connectivity index (χ2n) is 5.10. The molecule has 0 aromatic heterocycles. The highest BCUT2D eigenvalue weighted by Crippen LogP contribution is 2.21. The maximum absolute atomic E-state index is 11.9. The third-order valence-electron chi connectivity index (χ3n) is 3.49. The van der Waals surface area contributed by atoms with Crippen LogP contribution in [0.25, 0.3) is 0 Å². The molecule has 1 aromatic carbocycles. The summed E-state index contributed by atoms with van der Waals surface area (Å²) in [5.41, 5.74) is 2.67. The lowest BCUT2D eigenvalue weighted by Crippen LogP contribution is -2.02. The van der Waals surface area contributed by atoms with E-state index in [1.807, 2.05) is 30.5 Å². The molecule has 3 nitrogen and oxygen atoms in total. The standard InChI is InChI=1S/C16H21NO2/c1-12(18)13-7-5-8-15(10-13)17-11-14-6-3-2-4-9-16(14)19/h5,7-8,10-12,17-18H,2-4,6,9H2,1H3. The van der Waals surface area contributed by atoms with Gasteiger partial charge in [0, 0.05) is 23.9 Å². The average molecular weight is 259 g/mol. The number of hydrogen-bond donors (Lipinski definition) is 2. The van der Waals surface area contributed by atoms with E-state index < -0.39 is 6.10 Å². The zero-order chi connectivity index (χ0) is 13.7. The van der Waals surface area contributed by atoms with Crippen molar-refractivity contribution in [2.45, 2.75) is 45.1 Å². The lowest BCUT2D eigenvalue weighted by molar-refractivity contribution is -0.115. The van der Waals surface area contributed by atoms with E-state index in [1.165, 1.54) is 0 Å². The van der Waals surface area contributed by atoms with E-state index in [-0.39, 0.29) is 5.78 Å². The molecule has 0 spiro atoms. The molecule has 1 aromatic rings. The van der Waals surface area contributed by atoms with Gasteiger partial charge in [-0.2, -0.15) is 0 Å². The SMILES string of the molecule is CC(O)c1cccc(NC=C2CCCCCC2=O)c1. The number of allylic oxidation sites excluding steroid dienone is 1. The Hall–Kier alpha value is -1.61. The summed E-state index contributed by atoms with van der Waals surface area (Å²) in [7, 11) is 0. The average Bonchev–Trinajstić information content (AvgIpc) is 2.61. The second kappa shape index (κ2) is 6.53. The lowest BCUT2D eigenvalue weighted by atomic mass is 10.1. The molecule has 1 atom stereocenters. The van der Waals surface area contributed by atoms with Crippen molar-refractivity contribution in [1.29, 1.82) is 0 Å². The first-order valence-corrected chi connectivity index (χ1v) is 6.93. The van der Waals surface area contributed by atoms with E-state index >= 15 is 0 Å². The van der Waals surface area contributed by atoms with Crippen molar-refractivity contribution in [3.05, 3.63) is 41.6 Å². The molecular formula is C16H21NO2. The highest BCUT2D eigenvalue weighted by atomic mass is 16.3. The number of carbonyl (C=O) groups is 1. The highest BCUT2D eigenvalue weighted by Gasteiger charge is 2.13. The molecule has 2 rings (SSSR count). The van der Waals surface area contributed by atoms with E-state index in [1.54, 1.807) is 6.92 Å². The van der Waals surface area contributed by atoms with Gasteiger partial charge in [0.1, 0.15) is 0 Å². The number of carbonyl (C=O) groups excluding carboxylic acids is 1. The van der Waals surface area contributed by atoms with Gasteiger partial charge in [-0.3, -0.25) is 4.79 Å². The Kier molecular flexibility index (Phi) is 4.74. The number of hydrogen-bond acceptors (Lipinski definition) is 3. The molecule has 0 heterocycles. The van der Waals surface area contributed by atoms with Gasteiger partial charge in [-0.25, -0.2) is 0 Å². The molecule has 3 heteroatoms. The van der Waals surface area contributed by atoms with Gasteiger partial charge in [-0.05, 0) is 43.9 Å². The number of ketones is 1. The predicted octanol–water partition coefficient (Wildman–Crippen LogP) is 3.57. The summed E-state index contributed by atoms with van der Waals surface area (Å²) in [4.78, 5) is 11.9. The minimum Gasteiger partial charge on any atom is -0.389 e. The fourth-order valence-electron chi connectivity index (χ4n) is 2.29. The Morgan fingerprint density at radius 2 is 2.05 bits per heavy atom. The zero-order valence-corrected chi connectivity index (χ0v) is 11.4. The fourth-order valence-corrected chi connectivity index (χ4v) is 2.29. The minimum absolute atomic E-state index is 0.261. The number of nitrogens with one attached hydrogen (secondary N) is 1. The summed E-state index contributed by atoms with van der Waals surface area (Å²) in [6.07, 6.45) is 6.12. The molecule has 0 radical (unpaired) electrons. The first kappa shape index (κ1) is 13.8. The van der Waals surface area contributed by atoms with Crippen molar-refractivity contribution in [3.63, 3.8) is 0 Å². The van der Waals surface area contributed by atoms with Crippen molar-refractivity contribution in [3.8, 4) is 0 Å². The number of rotatable bonds is 3. The van der Waals surface area contributed by atoms with E-state index in [0.29, 0.717) is 6.42 Å². The lowest BCUT2D eigenvalue weighted by Gasteiger charge is -2.08. The molecule has 19 heavy (non-hydrogen) atoms. The zero-order valence-electron chi connectivity index (χ0n) is 11.4. The molecule has 0 aliphatic heterocycles. The molecule has 0 saturated heterocycles. The molecule has 1 aliphatic rings. The Labute approximate surface area is 114 Å². The van der Waals surface area contributed by atoms with Gasteiger partial charge in [-0.15, -0.1) is 0 Å². The number of anilines is 1. The quantitative estimate of drug-likeness (QED) is 0.644. The van der Waals surface area contributed by atoms with Crippen LogP contribution in [-0.4, -0.2) is 10.9 Å². The fraction of sp³-hybridized carbons (Fsp3) is 0.438. The van der Waals surface area contributed by atoms with Crippen molar-refractivity contribution >= 4 is 11.5 Å². The Morgan fingerprint density at radius 1 is 1.26 bits per heavy atom. The first-order valence-electron chi connectivity index (χ1n) is 6.93. The number of aliphatic hydroxyl groups excluding tert-OH is 1. The minimum atomic E-state index is -0.478. The van der Waals surface area contributed by atoms with Crippen LogP contribution in [0, 0.1) is 0 Å². The summed E-state index contributed by atoms with van der Waals surface area (Å²) in [5.74, 6) is 0.261. The third kappa shape index (κ3) is 3.93. The Balaban J connectivity index is 2.08. The van der Waals surface area contributed by atoms with Gasteiger partial charge in [0.25, 0.3) is 0 Å². The summed E-state index contributed by atoms with van der Waals surface area (Å²) < 4.78 is 0. The van der Waals surface area contributed by atoms with Crippen LogP contribution in [0.5, 0.6) is 0 Å². The molecular weight excluding hydrogens is 238 g/mol. The van der Waals surface area contributed by atoms with Crippen LogP contribution >= 0.6 is 0 Å². The maximum Gasteiger partial charge on any atom is 0.160 e. The van der Waals surface area contributed by atoms with Gasteiger partial charge in [-0.1, -0.05) is 18.6 Å². The summed E-state index contributed by atoms with van der Waals surface area (Å²) >= 11 is 0. The summed E-state index contributed by atoms with van der Waals surface area (Å²) in [5, 5.41) is 12.7. The van der Waals surface area contributed by atoms with Crippen LogP contribution in [0.2, 0.25) is 0 Å². The molecule has 1 fully saturated rings. The van der Waals surface area contributed by atoms with Crippen molar-refractivity contribution in [1.82, 2.24) is 0 Å².